The molecule has 0 radical (unpaired) electrons. The number of aryl methyl sites for hydroxylation is 2. The molecule has 1 heterocycles. The largest absolute Gasteiger partial charge is 0.341 e. The molecule has 0 amide bonds. The van der Waals surface area contributed by atoms with E-state index in [1.54, 1.807) is 0 Å². The van der Waals surface area contributed by atoms with Gasteiger partial charge in [-0.3, -0.25) is 4.98 Å². The van der Waals surface area contributed by atoms with Crippen LogP contribution in [0.25, 0.3) is 5.57 Å². The minimum absolute atomic E-state index is 0.748. The number of rotatable bonds is 8. The highest BCUT2D eigenvalue weighted by Gasteiger charge is 2.27. The van der Waals surface area contributed by atoms with Gasteiger partial charge in [0.2, 0.25) is 0 Å². The standard InChI is InChI=1S/C22H30N2/c1-8-20(21-13-10-16(5)23-22(21)9-2)18(7)24(14-19-11-12-19)17(6)15(3)4/h8,10,13,19H,3,6-7,9,11-12,14H2,1-2,4-5H3/b20-8+. The molecule has 1 fully saturated rings. The van der Waals surface area contributed by atoms with Gasteiger partial charge in [-0.05, 0) is 57.6 Å². The number of nitrogens with zero attached hydrogens (tertiary/aromatic N) is 2. The van der Waals surface area contributed by atoms with Crippen molar-refractivity contribution in [1.29, 1.82) is 0 Å². The van der Waals surface area contributed by atoms with Gasteiger partial charge in [-0.15, -0.1) is 0 Å². The van der Waals surface area contributed by atoms with Gasteiger partial charge in [-0.25, -0.2) is 0 Å². The number of pyridine rings is 1. The average molecular weight is 322 g/mol. The molecule has 2 heteroatoms. The van der Waals surface area contributed by atoms with E-state index in [1.165, 1.54) is 18.4 Å². The molecule has 1 aromatic heterocycles. The monoisotopic (exact) mass is 322 g/mol. The zero-order valence-electron chi connectivity index (χ0n) is 15.7. The summed E-state index contributed by atoms with van der Waals surface area (Å²) in [4.78, 5) is 6.96. The third kappa shape index (κ3) is 4.05. The normalized spacial score (nSPS) is 14.4. The molecule has 1 aliphatic rings. The van der Waals surface area contributed by atoms with Crippen LogP contribution in [0.3, 0.4) is 0 Å². The fourth-order valence-corrected chi connectivity index (χ4v) is 2.92. The maximum atomic E-state index is 4.72. The highest BCUT2D eigenvalue weighted by molar-refractivity contribution is 5.79. The van der Waals surface area contributed by atoms with Crippen LogP contribution in [-0.2, 0) is 6.42 Å². The second kappa shape index (κ2) is 7.65. The quantitative estimate of drug-likeness (QED) is 0.573. The van der Waals surface area contributed by atoms with Crippen molar-refractivity contribution in [3.8, 4) is 0 Å². The Morgan fingerprint density at radius 3 is 2.42 bits per heavy atom. The smallest absolute Gasteiger partial charge is 0.0482 e. The molecule has 0 bridgehead atoms. The van der Waals surface area contributed by atoms with E-state index in [1.807, 2.05) is 13.8 Å². The first-order valence-corrected chi connectivity index (χ1v) is 8.83. The van der Waals surface area contributed by atoms with Gasteiger partial charge in [-0.2, -0.15) is 0 Å². The fourth-order valence-electron chi connectivity index (χ4n) is 2.92. The van der Waals surface area contributed by atoms with Gasteiger partial charge in [0.05, 0.1) is 0 Å². The van der Waals surface area contributed by atoms with Crippen molar-refractivity contribution < 1.29 is 0 Å². The number of hydrogen-bond donors (Lipinski definition) is 0. The SMILES string of the molecule is C=C(C)C(=C)N(CC1CC1)C(=C)/C(=C\C)c1ccc(C)nc1CC. The zero-order chi connectivity index (χ0) is 17.9. The number of hydrogen-bond acceptors (Lipinski definition) is 2. The summed E-state index contributed by atoms with van der Waals surface area (Å²) in [6.07, 6.45) is 5.64. The summed E-state index contributed by atoms with van der Waals surface area (Å²) < 4.78 is 0. The predicted molar refractivity (Wildman–Crippen MR) is 105 cm³/mol. The van der Waals surface area contributed by atoms with Crippen LogP contribution in [0.4, 0.5) is 0 Å². The molecule has 128 valence electrons. The van der Waals surface area contributed by atoms with Crippen LogP contribution in [0, 0.1) is 12.8 Å². The second-order valence-corrected chi connectivity index (χ2v) is 6.73. The zero-order valence-corrected chi connectivity index (χ0v) is 15.7. The second-order valence-electron chi connectivity index (χ2n) is 6.73. The van der Waals surface area contributed by atoms with Crippen molar-refractivity contribution in [3.05, 3.63) is 71.9 Å². The molecule has 0 saturated heterocycles. The average Bonchev–Trinajstić information content (AvgIpc) is 3.37. The summed E-state index contributed by atoms with van der Waals surface area (Å²) in [6, 6.07) is 4.24. The predicted octanol–water partition coefficient (Wildman–Crippen LogP) is 5.67. The van der Waals surface area contributed by atoms with Gasteiger partial charge in [0.15, 0.2) is 0 Å². The summed E-state index contributed by atoms with van der Waals surface area (Å²) in [5.41, 5.74) is 7.44. The fraction of sp³-hybridized carbons (Fsp3) is 0.409. The van der Waals surface area contributed by atoms with E-state index in [0.29, 0.717) is 0 Å². The summed E-state index contributed by atoms with van der Waals surface area (Å²) in [5, 5.41) is 0. The Morgan fingerprint density at radius 2 is 1.92 bits per heavy atom. The molecule has 1 aliphatic carbocycles. The lowest BCUT2D eigenvalue weighted by Gasteiger charge is -2.31. The summed E-state index contributed by atoms with van der Waals surface area (Å²) in [6.45, 7) is 22.0. The van der Waals surface area contributed by atoms with E-state index in [9.17, 15) is 0 Å². The highest BCUT2D eigenvalue weighted by atomic mass is 15.2. The Kier molecular flexibility index (Phi) is 5.82. The summed E-state index contributed by atoms with van der Waals surface area (Å²) >= 11 is 0. The number of allylic oxidation sites excluding steroid dienone is 3. The molecule has 2 rings (SSSR count). The lowest BCUT2D eigenvalue weighted by atomic mass is 9.98. The van der Waals surface area contributed by atoms with Gasteiger partial charge < -0.3 is 4.90 Å². The van der Waals surface area contributed by atoms with E-state index in [-0.39, 0.29) is 0 Å². The molecule has 2 nitrogen and oxygen atoms in total. The lowest BCUT2D eigenvalue weighted by molar-refractivity contribution is 0.429. The van der Waals surface area contributed by atoms with Crippen molar-refractivity contribution in [3.63, 3.8) is 0 Å². The first-order chi connectivity index (χ1) is 11.4. The molecule has 0 atom stereocenters. The van der Waals surface area contributed by atoms with Gasteiger partial charge in [0, 0.05) is 40.5 Å². The Bertz CT molecular complexity index is 690. The molecule has 0 spiro atoms. The molecular weight excluding hydrogens is 292 g/mol. The van der Waals surface area contributed by atoms with Gasteiger partial charge in [0.25, 0.3) is 0 Å². The maximum Gasteiger partial charge on any atom is 0.0482 e. The third-order valence-corrected chi connectivity index (χ3v) is 4.62. The topological polar surface area (TPSA) is 16.1 Å². The van der Waals surface area contributed by atoms with Gasteiger partial charge in [-0.1, -0.05) is 38.8 Å². The van der Waals surface area contributed by atoms with Crippen LogP contribution in [0.15, 0.2) is 54.9 Å². The van der Waals surface area contributed by atoms with E-state index >= 15 is 0 Å². The van der Waals surface area contributed by atoms with E-state index < -0.39 is 0 Å². The van der Waals surface area contributed by atoms with E-state index in [2.05, 4.69) is 56.7 Å². The van der Waals surface area contributed by atoms with Crippen molar-refractivity contribution >= 4 is 5.57 Å². The van der Waals surface area contributed by atoms with Crippen LogP contribution in [0.5, 0.6) is 0 Å². The molecular formula is C22H30N2. The molecule has 0 aromatic carbocycles. The summed E-state index contributed by atoms with van der Waals surface area (Å²) in [7, 11) is 0. The summed E-state index contributed by atoms with van der Waals surface area (Å²) in [5.74, 6) is 0.748. The van der Waals surface area contributed by atoms with E-state index in [4.69, 9.17) is 4.98 Å². The minimum Gasteiger partial charge on any atom is -0.341 e. The Morgan fingerprint density at radius 1 is 1.25 bits per heavy atom. The first kappa shape index (κ1) is 18.3. The van der Waals surface area contributed by atoms with Gasteiger partial charge in [0.1, 0.15) is 0 Å². The van der Waals surface area contributed by atoms with Crippen molar-refractivity contribution in [1.82, 2.24) is 9.88 Å². The third-order valence-electron chi connectivity index (χ3n) is 4.62. The molecule has 0 N–H and O–H groups in total. The molecule has 0 unspecified atom stereocenters. The first-order valence-electron chi connectivity index (χ1n) is 8.83. The highest BCUT2D eigenvalue weighted by Crippen LogP contribution is 2.36. The molecule has 24 heavy (non-hydrogen) atoms. The van der Waals surface area contributed by atoms with Crippen molar-refractivity contribution in [2.24, 2.45) is 5.92 Å². The van der Waals surface area contributed by atoms with Crippen LogP contribution in [0.1, 0.15) is 50.6 Å². The number of aromatic nitrogens is 1. The lowest BCUT2D eigenvalue weighted by Crippen LogP contribution is -2.25. The van der Waals surface area contributed by atoms with Crippen LogP contribution in [0.2, 0.25) is 0 Å². The van der Waals surface area contributed by atoms with Crippen LogP contribution in [-0.4, -0.2) is 16.4 Å². The molecule has 1 saturated carbocycles. The Hall–Kier alpha value is -2.09. The van der Waals surface area contributed by atoms with Crippen LogP contribution < -0.4 is 0 Å². The minimum atomic E-state index is 0.748. The van der Waals surface area contributed by atoms with Gasteiger partial charge >= 0.3 is 0 Å². The molecule has 1 aromatic rings. The van der Waals surface area contributed by atoms with Crippen molar-refractivity contribution in [2.75, 3.05) is 6.54 Å². The van der Waals surface area contributed by atoms with E-state index in [0.717, 1.165) is 52.8 Å². The van der Waals surface area contributed by atoms with Crippen molar-refractivity contribution in [2.45, 2.75) is 47.0 Å². The maximum absolute atomic E-state index is 4.72. The van der Waals surface area contributed by atoms with Crippen LogP contribution >= 0.6 is 0 Å². The Balaban J connectivity index is 2.38. The molecule has 0 aliphatic heterocycles. The Labute approximate surface area is 147 Å².